The molecule has 0 spiro atoms. The van der Waals surface area contributed by atoms with Crippen molar-refractivity contribution < 1.29 is 74.1 Å². The highest BCUT2D eigenvalue weighted by molar-refractivity contribution is 5.79. The molecule has 2 heterocycles. The van der Waals surface area contributed by atoms with Gasteiger partial charge in [-0.25, -0.2) is 9.59 Å². The topological polar surface area (TPSA) is 242 Å². The van der Waals surface area contributed by atoms with Crippen LogP contribution in [-0.2, 0) is 33.3 Å². The predicted octanol–water partition coefficient (Wildman–Crippen LogP) is 16.3. The number of hydrogen-bond acceptors (Lipinski definition) is 15. The van der Waals surface area contributed by atoms with Crippen molar-refractivity contribution >= 4 is 11.9 Å². The van der Waals surface area contributed by atoms with Crippen molar-refractivity contribution in [3.05, 3.63) is 0 Å². The Morgan fingerprint density at radius 3 is 0.652 bits per heavy atom. The third-order valence-corrected chi connectivity index (χ3v) is 19.4. The normalized spacial score (nSPS) is 23.6. The molecule has 2 fully saturated rings. The molecule has 89 heavy (non-hydrogen) atoms. The van der Waals surface area contributed by atoms with Crippen LogP contribution in [0.5, 0.6) is 0 Å². The van der Waals surface area contributed by atoms with Crippen molar-refractivity contribution in [3.8, 4) is 0 Å². The monoisotopic (exact) mass is 1270 g/mol. The number of esters is 2. The number of carbonyl (C=O) groups is 2. The highest BCUT2D eigenvalue weighted by Crippen LogP contribution is 2.32. The number of ether oxygens (including phenoxy) is 5. The van der Waals surface area contributed by atoms with Crippen molar-refractivity contribution in [2.45, 2.75) is 447 Å². The first kappa shape index (κ1) is 83.6. The van der Waals surface area contributed by atoms with E-state index in [1.54, 1.807) is 0 Å². The zero-order valence-electron chi connectivity index (χ0n) is 57.8. The molecule has 0 bridgehead atoms. The summed E-state index contributed by atoms with van der Waals surface area (Å²) in [5.41, 5.74) is -3.57. The molecule has 8 N–H and O–H groups in total. The van der Waals surface area contributed by atoms with Crippen LogP contribution in [0.25, 0.3) is 0 Å². The zero-order valence-corrected chi connectivity index (χ0v) is 57.8. The van der Waals surface area contributed by atoms with Crippen LogP contribution in [0.4, 0.5) is 0 Å². The zero-order chi connectivity index (χ0) is 65.1. The number of hydrogen-bond donors (Lipinski definition) is 8. The minimum Gasteiger partial charge on any atom is -0.461 e. The van der Waals surface area contributed by atoms with Crippen LogP contribution in [-0.4, -0.2) is 139 Å². The van der Waals surface area contributed by atoms with Crippen LogP contribution in [0, 0.1) is 0 Å². The molecule has 2 aliphatic rings. The van der Waals surface area contributed by atoms with Gasteiger partial charge in [0.2, 0.25) is 0 Å². The number of carbonyl (C=O) groups excluding carboxylic acids is 2. The molecule has 2 rings (SSSR count). The maximum atomic E-state index is 14.0. The maximum absolute atomic E-state index is 14.0. The summed E-state index contributed by atoms with van der Waals surface area (Å²) in [5, 5.41) is 90.5. The van der Waals surface area contributed by atoms with Gasteiger partial charge in [0, 0.05) is 0 Å². The molecule has 0 aliphatic carbocycles. The van der Waals surface area contributed by atoms with E-state index in [2.05, 4.69) is 27.7 Å². The van der Waals surface area contributed by atoms with Gasteiger partial charge < -0.3 is 64.5 Å². The minimum absolute atomic E-state index is 0.211. The lowest BCUT2D eigenvalue weighted by Crippen LogP contribution is -2.64. The molecule has 0 aromatic rings. The van der Waals surface area contributed by atoms with Gasteiger partial charge in [-0.15, -0.1) is 0 Å². The van der Waals surface area contributed by atoms with Gasteiger partial charge in [-0.2, -0.15) is 0 Å². The summed E-state index contributed by atoms with van der Waals surface area (Å²) < 4.78 is 29.0. The van der Waals surface area contributed by atoms with Crippen LogP contribution in [0.1, 0.15) is 374 Å². The van der Waals surface area contributed by atoms with Crippen molar-refractivity contribution in [1.82, 2.24) is 0 Å². The van der Waals surface area contributed by atoms with E-state index >= 15 is 0 Å². The summed E-state index contributed by atoms with van der Waals surface area (Å²) in [6.07, 6.45) is 40.7. The van der Waals surface area contributed by atoms with Gasteiger partial charge in [0.15, 0.2) is 23.8 Å². The van der Waals surface area contributed by atoms with Gasteiger partial charge in [-0.1, -0.05) is 323 Å². The van der Waals surface area contributed by atoms with Gasteiger partial charge >= 0.3 is 11.9 Å². The van der Waals surface area contributed by atoms with Crippen molar-refractivity contribution in [1.29, 1.82) is 0 Å². The SMILES string of the molecule is CCCCCCCCCCCCCCCC(O)(CCCCCCCCCCCCCC)C(=O)OC[C@H]1O[C@H](O[C@H]2O[C@H](COC(=O)C(O)(CCCCCCCCCCCCCC)CCCCCCCCCCCCCCC)[C@@H](O)[C@H](O)[C@H]2O)[C@H](O)[C@@H](O)[C@@H]1O. The van der Waals surface area contributed by atoms with E-state index in [-0.39, 0.29) is 25.7 Å². The third kappa shape index (κ3) is 38.6. The van der Waals surface area contributed by atoms with E-state index < -0.39 is 97.8 Å². The molecule has 0 saturated carbocycles. The molecule has 15 heteroatoms. The molecule has 2 saturated heterocycles. The van der Waals surface area contributed by atoms with Crippen LogP contribution < -0.4 is 0 Å². The van der Waals surface area contributed by atoms with E-state index in [4.69, 9.17) is 23.7 Å². The van der Waals surface area contributed by atoms with E-state index in [0.717, 1.165) is 77.0 Å². The van der Waals surface area contributed by atoms with E-state index in [9.17, 15) is 50.4 Å². The summed E-state index contributed by atoms with van der Waals surface area (Å²) in [5.74, 6) is -1.72. The molecule has 15 nitrogen and oxygen atoms in total. The Hall–Kier alpha value is -1.50. The second kappa shape index (κ2) is 54.7. The highest BCUT2D eigenvalue weighted by atomic mass is 16.8. The quantitative estimate of drug-likeness (QED) is 0.0209. The maximum Gasteiger partial charge on any atom is 0.338 e. The molecular formula is C74H142O15. The lowest BCUT2D eigenvalue weighted by atomic mass is 9.89. The second-order valence-corrected chi connectivity index (χ2v) is 27.7. The summed E-state index contributed by atoms with van der Waals surface area (Å²) >= 11 is 0. The Morgan fingerprint density at radius 1 is 0.281 bits per heavy atom. The molecule has 2 unspecified atom stereocenters. The molecule has 2 aliphatic heterocycles. The number of unbranched alkanes of at least 4 members (excludes halogenated alkanes) is 46. The van der Waals surface area contributed by atoms with E-state index in [1.165, 1.54) is 218 Å². The van der Waals surface area contributed by atoms with Crippen LogP contribution in [0.15, 0.2) is 0 Å². The smallest absolute Gasteiger partial charge is 0.338 e. The summed E-state index contributed by atoms with van der Waals surface area (Å²) in [6, 6.07) is 0. The highest BCUT2D eigenvalue weighted by Gasteiger charge is 2.51. The minimum atomic E-state index is -1.91. The molecule has 0 amide bonds. The molecule has 0 aromatic heterocycles. The Kier molecular flexibility index (Phi) is 51.4. The van der Waals surface area contributed by atoms with Crippen molar-refractivity contribution in [2.24, 2.45) is 0 Å². The van der Waals surface area contributed by atoms with Gasteiger partial charge in [0.25, 0.3) is 0 Å². The van der Waals surface area contributed by atoms with Gasteiger partial charge in [-0.3, -0.25) is 0 Å². The summed E-state index contributed by atoms with van der Waals surface area (Å²) in [4.78, 5) is 27.9. The molecule has 0 aromatic carbocycles. The third-order valence-electron chi connectivity index (χ3n) is 19.4. The Balaban J connectivity index is 2.05. The Morgan fingerprint density at radius 2 is 0.461 bits per heavy atom. The fourth-order valence-corrected chi connectivity index (χ4v) is 13.1. The summed E-state index contributed by atoms with van der Waals surface area (Å²) in [6.45, 7) is 7.72. The average Bonchev–Trinajstić information content (AvgIpc) is 3.34. The first-order valence-corrected chi connectivity index (χ1v) is 38.0. The van der Waals surface area contributed by atoms with Crippen LogP contribution in [0.3, 0.4) is 0 Å². The number of rotatable bonds is 62. The Labute approximate surface area is 544 Å². The van der Waals surface area contributed by atoms with Crippen LogP contribution >= 0.6 is 0 Å². The predicted molar refractivity (Wildman–Crippen MR) is 358 cm³/mol. The fraction of sp³-hybridized carbons (Fsp3) is 0.973. The van der Waals surface area contributed by atoms with E-state index in [0.29, 0.717) is 25.7 Å². The Bertz CT molecular complexity index is 1510. The standard InChI is InChI=1S/C74H142O15/c1-5-9-13-17-21-25-29-33-37-41-45-49-53-57-73(83,55-51-47-43-39-35-31-27-23-19-15-11-7-3)71(81)85-59-61-63(75)65(77)67(79)69(87-61)89-70-68(80)66(78)64(76)62(88-70)60-86-72(82)74(84,56-52-48-44-40-36-32-28-24-20-16-12-8-4)58-54-50-46-42-38-34-30-26-22-18-14-10-6-2/h61-70,75-80,83-84H,5-60H2,1-4H3/t61-,62-,63-,64-,65+,66+,67-,68-,69-,70-,73?,74?/m1/s1. The van der Waals surface area contributed by atoms with Crippen molar-refractivity contribution in [3.63, 3.8) is 0 Å². The average molecular weight is 1270 g/mol. The van der Waals surface area contributed by atoms with Crippen LogP contribution in [0.2, 0.25) is 0 Å². The first-order chi connectivity index (χ1) is 43.2. The second-order valence-electron chi connectivity index (χ2n) is 27.7. The first-order valence-electron chi connectivity index (χ1n) is 38.0. The lowest BCUT2D eigenvalue weighted by Gasteiger charge is -2.45. The largest absolute Gasteiger partial charge is 0.461 e. The summed E-state index contributed by atoms with van der Waals surface area (Å²) in [7, 11) is 0. The number of aliphatic hydroxyl groups excluding tert-OH is 6. The molecular weight excluding hydrogens is 1130 g/mol. The van der Waals surface area contributed by atoms with Gasteiger partial charge in [0.05, 0.1) is 0 Å². The number of aliphatic hydroxyl groups is 8. The van der Waals surface area contributed by atoms with Gasteiger partial charge in [0.1, 0.15) is 62.0 Å². The van der Waals surface area contributed by atoms with E-state index in [1.807, 2.05) is 0 Å². The molecule has 528 valence electrons. The molecule has 12 atom stereocenters. The lowest BCUT2D eigenvalue weighted by molar-refractivity contribution is -0.376. The van der Waals surface area contributed by atoms with Crippen molar-refractivity contribution in [2.75, 3.05) is 13.2 Å². The molecule has 0 radical (unpaired) electrons. The van der Waals surface area contributed by atoms with Gasteiger partial charge in [-0.05, 0) is 51.4 Å². The fourth-order valence-electron chi connectivity index (χ4n) is 13.1.